The number of halogens is 1. The smallest absolute Gasteiger partial charge is 0.306 e. The number of aliphatic hydroxyl groups is 1. The van der Waals surface area contributed by atoms with Gasteiger partial charge in [0.05, 0.1) is 31.1 Å². The molecule has 2 N–H and O–H groups in total. The van der Waals surface area contributed by atoms with Crippen molar-refractivity contribution in [3.8, 4) is 0 Å². The number of unbranched alkanes of at least 4 members (excludes halogenated alkanes) is 1. The van der Waals surface area contributed by atoms with E-state index in [1.807, 2.05) is 48.6 Å². The fourth-order valence-electron chi connectivity index (χ4n) is 7.42. The highest BCUT2D eigenvalue weighted by Gasteiger charge is 2.74. The first-order valence-electron chi connectivity index (χ1n) is 16.6. The van der Waals surface area contributed by atoms with E-state index in [9.17, 15) is 24.3 Å². The van der Waals surface area contributed by atoms with Gasteiger partial charge < -0.3 is 34.4 Å². The number of amides is 3. The number of esters is 1. The lowest BCUT2D eigenvalue weighted by Gasteiger charge is -2.37. The number of nitrogens with one attached hydrogen (secondary N) is 1. The summed E-state index contributed by atoms with van der Waals surface area (Å²) in [5.74, 6) is -3.22. The minimum Gasteiger partial charge on any atom is -0.463 e. The third kappa shape index (κ3) is 6.91. The molecule has 6 atom stereocenters. The maximum atomic E-state index is 14.8. The summed E-state index contributed by atoms with van der Waals surface area (Å²) in [5.41, 5.74) is -0.588. The van der Waals surface area contributed by atoms with Crippen LogP contribution in [0.3, 0.4) is 0 Å². The van der Waals surface area contributed by atoms with Gasteiger partial charge in [0, 0.05) is 56.8 Å². The molecule has 5 bridgehead atoms. The van der Waals surface area contributed by atoms with Crippen molar-refractivity contribution in [3.05, 3.63) is 58.6 Å². The zero-order chi connectivity index (χ0) is 33.0. The number of hydrogen-bond acceptors (Lipinski definition) is 9. The third-order valence-electron chi connectivity index (χ3n) is 9.81. The molecular weight excluding hydrogens is 672 g/mol. The molecule has 5 aliphatic rings. The molecule has 0 aromatic heterocycles. The second kappa shape index (κ2) is 15.0. The van der Waals surface area contributed by atoms with E-state index in [0.29, 0.717) is 50.0 Å². The molecule has 254 valence electrons. The number of rotatable bonds is 8. The van der Waals surface area contributed by atoms with Crippen LogP contribution in [-0.4, -0.2) is 127 Å². The van der Waals surface area contributed by atoms with Crippen LogP contribution in [0.5, 0.6) is 0 Å². The maximum Gasteiger partial charge on any atom is 0.306 e. The number of morpholine rings is 1. The lowest BCUT2D eigenvalue weighted by Crippen LogP contribution is -2.57. The highest BCUT2D eigenvalue weighted by atomic mass is 79.9. The Morgan fingerprint density at radius 3 is 2.53 bits per heavy atom. The number of allylic oxidation sites excluding steroid dienone is 1. The predicted molar refractivity (Wildman–Crippen MR) is 174 cm³/mol. The Kier molecular flexibility index (Phi) is 10.8. The number of aliphatic hydroxyl groups excluding tert-OH is 1. The Labute approximate surface area is 283 Å². The quantitative estimate of drug-likeness (QED) is 0.233. The topological polar surface area (TPSA) is 138 Å². The molecule has 0 aliphatic carbocycles. The van der Waals surface area contributed by atoms with Gasteiger partial charge in [-0.1, -0.05) is 58.4 Å². The highest BCUT2D eigenvalue weighted by molar-refractivity contribution is 9.11. The summed E-state index contributed by atoms with van der Waals surface area (Å²) >= 11 is 3.62. The Morgan fingerprint density at radius 1 is 0.979 bits per heavy atom. The van der Waals surface area contributed by atoms with Gasteiger partial charge in [0.1, 0.15) is 24.4 Å². The van der Waals surface area contributed by atoms with Crippen molar-refractivity contribution in [3.63, 3.8) is 0 Å². The van der Waals surface area contributed by atoms with E-state index in [2.05, 4.69) is 26.1 Å². The number of fused-ring (bicyclic) bond motifs is 2. The van der Waals surface area contributed by atoms with Crippen molar-refractivity contribution in [2.75, 3.05) is 65.7 Å². The Bertz CT molecular complexity index is 1390. The van der Waals surface area contributed by atoms with Crippen LogP contribution < -0.4 is 5.32 Å². The van der Waals surface area contributed by atoms with Crippen LogP contribution in [0.25, 0.3) is 0 Å². The van der Waals surface area contributed by atoms with Gasteiger partial charge in [-0.25, -0.2) is 0 Å². The number of carbonyl (C=O) groups is 4. The first kappa shape index (κ1) is 33.8. The van der Waals surface area contributed by atoms with Crippen molar-refractivity contribution < 1.29 is 38.5 Å². The number of nitrogens with zero attached hydrogens (tertiary/aromatic N) is 3. The second-order valence-electron chi connectivity index (χ2n) is 12.7. The molecule has 1 aromatic carbocycles. The Hall–Kier alpha value is -3.10. The highest BCUT2D eigenvalue weighted by Crippen LogP contribution is 2.58. The first-order chi connectivity index (χ1) is 22.8. The molecule has 3 saturated heterocycles. The summed E-state index contributed by atoms with van der Waals surface area (Å²) < 4.78 is 18.4. The van der Waals surface area contributed by atoms with E-state index in [1.165, 1.54) is 0 Å². The van der Waals surface area contributed by atoms with E-state index in [-0.39, 0.29) is 44.5 Å². The average Bonchev–Trinajstić information content (AvgIpc) is 3.67. The van der Waals surface area contributed by atoms with Crippen LogP contribution in [0.2, 0.25) is 0 Å². The molecule has 1 aromatic rings. The van der Waals surface area contributed by atoms with Gasteiger partial charge in [-0.05, 0) is 30.9 Å². The number of benzene rings is 1. The number of cyclic esters (lactones) is 1. The van der Waals surface area contributed by atoms with Crippen molar-refractivity contribution in [2.45, 2.75) is 49.5 Å². The van der Waals surface area contributed by atoms with Crippen molar-refractivity contribution in [1.82, 2.24) is 20.0 Å². The summed E-state index contributed by atoms with van der Waals surface area (Å²) in [7, 11) is 0. The van der Waals surface area contributed by atoms with E-state index in [0.717, 1.165) is 18.7 Å². The van der Waals surface area contributed by atoms with Crippen molar-refractivity contribution in [2.24, 2.45) is 11.8 Å². The second-order valence-corrected chi connectivity index (χ2v) is 13.6. The van der Waals surface area contributed by atoms with Crippen molar-refractivity contribution >= 4 is 39.6 Å². The van der Waals surface area contributed by atoms with Crippen LogP contribution in [0.15, 0.2) is 53.0 Å². The fraction of sp³-hybridized carbons (Fsp3) is 0.588. The number of ether oxygens (including phenoxy) is 3. The molecule has 5 aliphatic heterocycles. The summed E-state index contributed by atoms with van der Waals surface area (Å²) in [6.07, 6.45) is 6.36. The lowest BCUT2D eigenvalue weighted by molar-refractivity contribution is -0.148. The summed E-state index contributed by atoms with van der Waals surface area (Å²) in [6.45, 7) is 4.27. The molecule has 0 radical (unpaired) electrons. The van der Waals surface area contributed by atoms with Crippen molar-refractivity contribution in [1.29, 1.82) is 0 Å². The summed E-state index contributed by atoms with van der Waals surface area (Å²) in [4.78, 5) is 61.7. The van der Waals surface area contributed by atoms with Gasteiger partial charge in [-0.15, -0.1) is 0 Å². The normalized spacial score (nSPS) is 32.6. The Morgan fingerprint density at radius 2 is 1.77 bits per heavy atom. The lowest BCUT2D eigenvalue weighted by atomic mass is 9.74. The number of carbonyl (C=O) groups excluding carboxylic acids is 4. The largest absolute Gasteiger partial charge is 0.463 e. The summed E-state index contributed by atoms with van der Waals surface area (Å²) in [6, 6.07) is 7.61. The molecule has 1 spiro atoms. The standard InChI is InChI=1S/C34H43BrN4O8/c35-24-21-34-28-27(29(24)47-34)31(42)36-25(23-9-3-1-4-10-23)22-46-26(41)11-5-2-6-12-38(15-14-37-16-19-45-20-17-37)33(44)30(34)39(32(28)43)13-7-8-18-40/h1-4,6,9-10,21,25,27-30,40H,5,7-8,11-20,22H2,(H,36,42)/b6-2-/t25-,27-,28+,29-,30-,34+/m1/s1. The first-order valence-corrected chi connectivity index (χ1v) is 17.4. The molecule has 3 amide bonds. The zero-order valence-electron chi connectivity index (χ0n) is 26.4. The van der Waals surface area contributed by atoms with Gasteiger partial charge in [0.2, 0.25) is 17.7 Å². The molecular formula is C34H43BrN4O8. The van der Waals surface area contributed by atoms with Gasteiger partial charge in [-0.2, -0.15) is 0 Å². The van der Waals surface area contributed by atoms with Gasteiger partial charge in [-0.3, -0.25) is 24.1 Å². The van der Waals surface area contributed by atoms with Gasteiger partial charge in [0.25, 0.3) is 0 Å². The molecule has 3 fully saturated rings. The molecule has 6 rings (SSSR count). The predicted octanol–water partition coefficient (Wildman–Crippen LogP) is 1.54. The Balaban J connectivity index is 1.37. The van der Waals surface area contributed by atoms with Crippen LogP contribution in [-0.2, 0) is 33.4 Å². The average molecular weight is 716 g/mol. The van der Waals surface area contributed by atoms with E-state index < -0.39 is 47.5 Å². The third-order valence-corrected chi connectivity index (χ3v) is 10.5. The van der Waals surface area contributed by atoms with E-state index in [1.54, 1.807) is 9.80 Å². The van der Waals surface area contributed by atoms with Crippen LogP contribution in [0.1, 0.15) is 37.3 Å². The zero-order valence-corrected chi connectivity index (χ0v) is 28.0. The van der Waals surface area contributed by atoms with Gasteiger partial charge in [0.15, 0.2) is 0 Å². The van der Waals surface area contributed by atoms with Crippen LogP contribution >= 0.6 is 15.9 Å². The SMILES string of the molecule is O=C1CC/C=C\CN(CCN2CCOCC2)C(=O)[C@H]2N(CCCCO)C(=O)[C@@H]3[C@@H](C(=O)N[C@@H](c4ccccc4)CO1)[C@@H]1O[C@@]32C=C1Br. The molecule has 0 saturated carbocycles. The van der Waals surface area contributed by atoms with Gasteiger partial charge >= 0.3 is 5.97 Å². The van der Waals surface area contributed by atoms with Crippen LogP contribution in [0, 0.1) is 11.8 Å². The number of hydrogen-bond donors (Lipinski definition) is 2. The molecule has 13 heteroatoms. The fourth-order valence-corrected chi connectivity index (χ4v) is 8.16. The maximum absolute atomic E-state index is 14.8. The molecule has 0 unspecified atom stereocenters. The molecule has 47 heavy (non-hydrogen) atoms. The molecule has 12 nitrogen and oxygen atoms in total. The van der Waals surface area contributed by atoms with Crippen LogP contribution in [0.4, 0.5) is 0 Å². The minimum absolute atomic E-state index is 0.0355. The number of likely N-dealkylation sites (tertiary alicyclic amines) is 1. The monoisotopic (exact) mass is 714 g/mol. The molecule has 5 heterocycles. The minimum atomic E-state index is -1.34. The van der Waals surface area contributed by atoms with E-state index in [4.69, 9.17) is 14.2 Å². The summed E-state index contributed by atoms with van der Waals surface area (Å²) in [5, 5.41) is 12.6. The van der Waals surface area contributed by atoms with E-state index >= 15 is 0 Å².